The Morgan fingerprint density at radius 3 is 2.26 bits per heavy atom. The van der Waals surface area contributed by atoms with Crippen molar-refractivity contribution in [3.8, 4) is 16.9 Å². The van der Waals surface area contributed by atoms with Crippen LogP contribution in [0.25, 0.3) is 11.1 Å². The van der Waals surface area contributed by atoms with Crippen LogP contribution in [0.3, 0.4) is 0 Å². The van der Waals surface area contributed by atoms with Crippen LogP contribution in [0.4, 0.5) is 16.2 Å². The Hall–Kier alpha value is -4.33. The summed E-state index contributed by atoms with van der Waals surface area (Å²) in [7, 11) is 1.43. The van der Waals surface area contributed by atoms with Crippen LogP contribution in [0.2, 0.25) is 0 Å². The zero-order valence-corrected chi connectivity index (χ0v) is 22.1. The zero-order chi connectivity index (χ0) is 27.4. The maximum Gasteiger partial charge on any atom is 0.339 e. The summed E-state index contributed by atoms with van der Waals surface area (Å²) in [6.45, 7) is 6.82. The molecule has 8 nitrogen and oxygen atoms in total. The fraction of sp³-hybridized carbons (Fsp3) is 0.300. The monoisotopic (exact) mass is 515 g/mol. The SMILES string of the molecule is COc1cc(-c2ccc(NC(=O)[C@H]3CCCN3C(=O)Nc3ccc(C(C)C)c(C)c3)cc2)ccc1C(=O)O. The van der Waals surface area contributed by atoms with Crippen LogP contribution in [0, 0.1) is 6.92 Å². The number of anilines is 2. The molecule has 8 heteroatoms. The number of hydrogen-bond donors (Lipinski definition) is 3. The lowest BCUT2D eigenvalue weighted by molar-refractivity contribution is -0.119. The number of rotatable bonds is 7. The van der Waals surface area contributed by atoms with E-state index in [0.717, 1.165) is 23.1 Å². The lowest BCUT2D eigenvalue weighted by Gasteiger charge is -2.24. The van der Waals surface area contributed by atoms with E-state index in [9.17, 15) is 19.5 Å². The number of nitrogens with zero attached hydrogens (tertiary/aromatic N) is 1. The van der Waals surface area contributed by atoms with Crippen LogP contribution < -0.4 is 15.4 Å². The average molecular weight is 516 g/mol. The third kappa shape index (κ3) is 5.80. The number of urea groups is 1. The quantitative estimate of drug-likeness (QED) is 0.351. The average Bonchev–Trinajstić information content (AvgIpc) is 3.39. The van der Waals surface area contributed by atoms with E-state index in [4.69, 9.17) is 4.74 Å². The highest BCUT2D eigenvalue weighted by Gasteiger charge is 2.34. The number of ether oxygens (including phenoxy) is 1. The van der Waals surface area contributed by atoms with Crippen LogP contribution in [-0.4, -0.2) is 47.6 Å². The van der Waals surface area contributed by atoms with E-state index in [1.54, 1.807) is 29.2 Å². The fourth-order valence-electron chi connectivity index (χ4n) is 4.90. The molecule has 0 saturated carbocycles. The van der Waals surface area contributed by atoms with Gasteiger partial charge in [-0.2, -0.15) is 0 Å². The molecule has 1 aliphatic rings. The molecule has 3 amide bonds. The number of nitrogens with one attached hydrogen (secondary N) is 2. The van der Waals surface area contributed by atoms with E-state index in [0.29, 0.717) is 30.3 Å². The molecule has 1 aliphatic heterocycles. The second-order valence-corrected chi connectivity index (χ2v) is 9.79. The fourth-order valence-corrected chi connectivity index (χ4v) is 4.90. The van der Waals surface area contributed by atoms with Gasteiger partial charge in [0, 0.05) is 17.9 Å². The van der Waals surface area contributed by atoms with Crippen molar-refractivity contribution in [2.24, 2.45) is 0 Å². The molecule has 3 aromatic rings. The molecule has 4 rings (SSSR count). The third-order valence-corrected chi connectivity index (χ3v) is 6.88. The van der Waals surface area contributed by atoms with Gasteiger partial charge in [0.2, 0.25) is 5.91 Å². The topological polar surface area (TPSA) is 108 Å². The Kier molecular flexibility index (Phi) is 8.00. The van der Waals surface area contributed by atoms with Gasteiger partial charge in [-0.05, 0) is 84.3 Å². The van der Waals surface area contributed by atoms with Gasteiger partial charge in [-0.3, -0.25) is 4.79 Å². The molecule has 198 valence electrons. The highest BCUT2D eigenvalue weighted by Crippen LogP contribution is 2.29. The summed E-state index contributed by atoms with van der Waals surface area (Å²) < 4.78 is 5.21. The van der Waals surface area contributed by atoms with Crippen LogP contribution in [0.15, 0.2) is 60.7 Å². The van der Waals surface area contributed by atoms with Crippen molar-refractivity contribution in [1.29, 1.82) is 0 Å². The molecule has 0 unspecified atom stereocenters. The molecule has 0 aromatic heterocycles. The summed E-state index contributed by atoms with van der Waals surface area (Å²) in [5.74, 6) is -0.608. The molecule has 38 heavy (non-hydrogen) atoms. The summed E-state index contributed by atoms with van der Waals surface area (Å²) in [5.41, 5.74) is 5.41. The normalized spacial score (nSPS) is 14.9. The van der Waals surface area contributed by atoms with Crippen molar-refractivity contribution < 1.29 is 24.2 Å². The lowest BCUT2D eigenvalue weighted by Crippen LogP contribution is -2.45. The van der Waals surface area contributed by atoms with Gasteiger partial charge in [0.25, 0.3) is 0 Å². The van der Waals surface area contributed by atoms with Crippen LogP contribution in [0.1, 0.15) is 54.1 Å². The predicted octanol–water partition coefficient (Wildman–Crippen LogP) is 6.13. The minimum atomic E-state index is -1.06. The smallest absolute Gasteiger partial charge is 0.339 e. The number of methoxy groups -OCH3 is 1. The zero-order valence-electron chi connectivity index (χ0n) is 22.1. The largest absolute Gasteiger partial charge is 0.496 e. The molecule has 3 N–H and O–H groups in total. The molecule has 3 aromatic carbocycles. The van der Waals surface area contributed by atoms with E-state index >= 15 is 0 Å². The third-order valence-electron chi connectivity index (χ3n) is 6.88. The van der Waals surface area contributed by atoms with E-state index in [1.807, 2.05) is 37.3 Å². The van der Waals surface area contributed by atoms with Gasteiger partial charge >= 0.3 is 12.0 Å². The molecule has 0 radical (unpaired) electrons. The minimum absolute atomic E-state index is 0.0907. The highest BCUT2D eigenvalue weighted by atomic mass is 16.5. The molecule has 1 atom stereocenters. The molecule has 0 bridgehead atoms. The summed E-state index contributed by atoms with van der Waals surface area (Å²) in [5, 5.41) is 15.2. The van der Waals surface area contributed by atoms with Crippen molar-refractivity contribution >= 4 is 29.3 Å². The van der Waals surface area contributed by atoms with Gasteiger partial charge in [0.15, 0.2) is 0 Å². The summed E-state index contributed by atoms with van der Waals surface area (Å²) >= 11 is 0. The van der Waals surface area contributed by atoms with Crippen molar-refractivity contribution in [1.82, 2.24) is 4.90 Å². The Balaban J connectivity index is 1.41. The Labute approximate surface area is 222 Å². The van der Waals surface area contributed by atoms with Gasteiger partial charge in [0.1, 0.15) is 17.4 Å². The van der Waals surface area contributed by atoms with Gasteiger partial charge in [-0.25, -0.2) is 9.59 Å². The molecule has 0 aliphatic carbocycles. The summed E-state index contributed by atoms with van der Waals surface area (Å²) in [6.07, 6.45) is 1.35. The second-order valence-electron chi connectivity index (χ2n) is 9.79. The number of aryl methyl sites for hydroxylation is 1. The van der Waals surface area contributed by atoms with E-state index in [2.05, 4.69) is 24.5 Å². The van der Waals surface area contributed by atoms with Crippen molar-refractivity contribution in [3.63, 3.8) is 0 Å². The van der Waals surface area contributed by atoms with Crippen LogP contribution in [0.5, 0.6) is 5.75 Å². The van der Waals surface area contributed by atoms with Gasteiger partial charge in [-0.1, -0.05) is 38.1 Å². The van der Waals surface area contributed by atoms with Crippen molar-refractivity contribution in [2.75, 3.05) is 24.3 Å². The number of carbonyl (C=O) groups is 3. The van der Waals surface area contributed by atoms with Crippen molar-refractivity contribution in [3.05, 3.63) is 77.4 Å². The summed E-state index contributed by atoms with van der Waals surface area (Å²) in [4.78, 5) is 39.0. The number of carbonyl (C=O) groups excluding carboxylic acids is 2. The van der Waals surface area contributed by atoms with E-state index in [-0.39, 0.29) is 23.3 Å². The number of amides is 3. The number of hydrogen-bond acceptors (Lipinski definition) is 4. The maximum absolute atomic E-state index is 13.1. The number of carboxylic acids is 1. The molecule has 1 fully saturated rings. The van der Waals surface area contributed by atoms with E-state index in [1.165, 1.54) is 18.7 Å². The minimum Gasteiger partial charge on any atom is -0.496 e. The van der Waals surface area contributed by atoms with Crippen molar-refractivity contribution in [2.45, 2.75) is 45.6 Å². The molecule has 0 spiro atoms. The highest BCUT2D eigenvalue weighted by molar-refractivity contribution is 6.00. The Bertz CT molecular complexity index is 1350. The van der Waals surface area contributed by atoms with Crippen LogP contribution >= 0.6 is 0 Å². The number of benzene rings is 3. The predicted molar refractivity (Wildman–Crippen MR) is 148 cm³/mol. The van der Waals surface area contributed by atoms with Gasteiger partial charge in [-0.15, -0.1) is 0 Å². The molecule has 1 heterocycles. The first kappa shape index (κ1) is 26.7. The summed E-state index contributed by atoms with van der Waals surface area (Å²) in [6, 6.07) is 17.2. The number of carboxylic acid groups (broad SMARTS) is 1. The lowest BCUT2D eigenvalue weighted by atomic mass is 9.98. The first-order valence-electron chi connectivity index (χ1n) is 12.7. The van der Waals surface area contributed by atoms with Gasteiger partial charge < -0.3 is 25.4 Å². The molecule has 1 saturated heterocycles. The Morgan fingerprint density at radius 1 is 0.947 bits per heavy atom. The number of likely N-dealkylation sites (tertiary alicyclic amines) is 1. The Morgan fingerprint density at radius 2 is 1.63 bits per heavy atom. The van der Waals surface area contributed by atoms with Gasteiger partial charge in [0.05, 0.1) is 7.11 Å². The standard InChI is InChI=1S/C30H33N3O5/c1-18(2)24-14-12-23(16-19(24)3)32-30(37)33-15-5-6-26(33)28(34)31-22-10-7-20(8-11-22)21-9-13-25(29(35)36)27(17-21)38-4/h7-14,16-18,26H,5-6,15H2,1-4H3,(H,31,34)(H,32,37)(H,35,36)/t26-/m1/s1. The van der Waals surface area contributed by atoms with E-state index < -0.39 is 12.0 Å². The maximum atomic E-state index is 13.1. The first-order valence-corrected chi connectivity index (χ1v) is 12.7. The molecular formula is C30H33N3O5. The van der Waals surface area contributed by atoms with Crippen LogP contribution in [-0.2, 0) is 4.79 Å². The second kappa shape index (κ2) is 11.4. The first-order chi connectivity index (χ1) is 18.2. The number of aromatic carboxylic acids is 1. The molecular weight excluding hydrogens is 482 g/mol.